The van der Waals surface area contributed by atoms with Crippen molar-refractivity contribution >= 4 is 61.2 Å². The Balaban J connectivity index is 0. The van der Waals surface area contributed by atoms with Gasteiger partial charge in [-0.1, -0.05) is 39.3 Å². The zero-order valence-corrected chi connectivity index (χ0v) is 18.5. The van der Waals surface area contributed by atoms with Crippen molar-refractivity contribution in [3.05, 3.63) is 37.2 Å². The third-order valence-electron chi connectivity index (χ3n) is 2.37. The number of halogens is 3. The van der Waals surface area contributed by atoms with Crippen LogP contribution in [0.25, 0.3) is 5.76 Å². The highest BCUT2D eigenvalue weighted by Crippen LogP contribution is 2.36. The molecule has 0 fully saturated rings. The maximum Gasteiger partial charge on any atom is 0.165 e. The Hall–Kier alpha value is -0.690. The van der Waals surface area contributed by atoms with Gasteiger partial charge < -0.3 is 10.2 Å². The largest absolute Gasteiger partial charge is 0.506 e. The SMILES string of the molecule is CC.CC.CC(=O)C(C=NCCO)=C(O)c1ccc(Br)c(Cl)c1Br. The predicted octanol–water partition coefficient (Wildman–Crippen LogP) is 5.84. The van der Waals surface area contributed by atoms with Gasteiger partial charge in [0.2, 0.25) is 0 Å². The first-order valence-corrected chi connectivity index (χ1v) is 9.55. The Bertz CT molecular complexity index is 587. The number of aliphatic hydroxyl groups is 2. The molecule has 7 heteroatoms. The summed E-state index contributed by atoms with van der Waals surface area (Å²) in [4.78, 5) is 15.4. The average Bonchev–Trinajstić information content (AvgIpc) is 2.59. The number of rotatable bonds is 5. The van der Waals surface area contributed by atoms with Gasteiger partial charge in [-0.05, 0) is 50.9 Å². The molecule has 0 aliphatic rings. The molecule has 0 radical (unpaired) electrons. The normalized spacial score (nSPS) is 11.0. The van der Waals surface area contributed by atoms with Gasteiger partial charge in [0.1, 0.15) is 5.76 Å². The van der Waals surface area contributed by atoms with E-state index in [1.54, 1.807) is 12.1 Å². The smallest absolute Gasteiger partial charge is 0.165 e. The second kappa shape index (κ2) is 14.6. The van der Waals surface area contributed by atoms with Crippen LogP contribution in [-0.4, -0.2) is 35.4 Å². The molecule has 0 heterocycles. The molecule has 0 atom stereocenters. The van der Waals surface area contributed by atoms with E-state index >= 15 is 0 Å². The summed E-state index contributed by atoms with van der Waals surface area (Å²) in [6.07, 6.45) is 1.25. The highest BCUT2D eigenvalue weighted by atomic mass is 79.9. The fourth-order valence-corrected chi connectivity index (χ4v) is 2.68. The minimum Gasteiger partial charge on any atom is -0.506 e. The molecule has 1 aromatic rings. The first-order valence-electron chi connectivity index (χ1n) is 7.58. The van der Waals surface area contributed by atoms with E-state index in [-0.39, 0.29) is 30.3 Å². The summed E-state index contributed by atoms with van der Waals surface area (Å²) in [6.45, 7) is 9.35. The number of Topliss-reactive ketones (excluding diaryl/α,β-unsaturated/α-hetero) is 1. The molecule has 136 valence electrons. The number of allylic oxidation sites excluding steroid dienone is 1. The minimum atomic E-state index is -0.338. The lowest BCUT2D eigenvalue weighted by molar-refractivity contribution is -0.113. The summed E-state index contributed by atoms with van der Waals surface area (Å²) < 4.78 is 1.14. The number of ketones is 1. The lowest BCUT2D eigenvalue weighted by atomic mass is 10.1. The Labute approximate surface area is 165 Å². The fourth-order valence-electron chi connectivity index (χ4n) is 1.39. The van der Waals surface area contributed by atoms with Crippen LogP contribution in [0.4, 0.5) is 0 Å². The van der Waals surface area contributed by atoms with Gasteiger partial charge in [-0.2, -0.15) is 0 Å². The molecule has 0 aliphatic heterocycles. The number of aliphatic imine (C=N–C) groups is 1. The van der Waals surface area contributed by atoms with Gasteiger partial charge in [0, 0.05) is 20.7 Å². The second-order valence-corrected chi connectivity index (χ2v) is 5.83. The summed E-state index contributed by atoms with van der Waals surface area (Å²) >= 11 is 12.6. The molecular weight excluding hydrogens is 461 g/mol. The van der Waals surface area contributed by atoms with E-state index in [9.17, 15) is 9.90 Å². The van der Waals surface area contributed by atoms with Crippen molar-refractivity contribution in [2.45, 2.75) is 34.6 Å². The Kier molecular flexibility index (Phi) is 15.6. The van der Waals surface area contributed by atoms with Gasteiger partial charge in [-0.25, -0.2) is 0 Å². The van der Waals surface area contributed by atoms with Crippen LogP contribution in [0.5, 0.6) is 0 Å². The first kappa shape index (κ1) is 25.5. The molecular formula is C17H24Br2ClNO3. The van der Waals surface area contributed by atoms with Crippen LogP contribution in [0.2, 0.25) is 5.02 Å². The third-order valence-corrected chi connectivity index (χ3v) is 4.71. The van der Waals surface area contributed by atoms with E-state index < -0.39 is 0 Å². The monoisotopic (exact) mass is 483 g/mol. The van der Waals surface area contributed by atoms with E-state index in [4.69, 9.17) is 16.7 Å². The molecule has 0 spiro atoms. The van der Waals surface area contributed by atoms with Crippen molar-refractivity contribution in [2.24, 2.45) is 4.99 Å². The highest BCUT2D eigenvalue weighted by Gasteiger charge is 2.16. The summed E-state index contributed by atoms with van der Waals surface area (Å²) in [7, 11) is 0. The van der Waals surface area contributed by atoms with Gasteiger partial charge in [-0.15, -0.1) is 0 Å². The van der Waals surface area contributed by atoms with Crippen LogP contribution >= 0.6 is 43.5 Å². The number of hydrogen-bond acceptors (Lipinski definition) is 4. The van der Waals surface area contributed by atoms with Gasteiger partial charge in [-0.3, -0.25) is 9.79 Å². The first-order chi connectivity index (χ1) is 11.4. The lowest BCUT2D eigenvalue weighted by Crippen LogP contribution is -2.04. The maximum atomic E-state index is 11.6. The standard InChI is InChI=1S/C13H12Br2ClNO3.2C2H6/c1-7(19)9(6-17-4-5-18)13(20)8-2-3-10(14)12(16)11(8)15;2*1-2/h2-3,6,18,20H,4-5H2,1H3;2*1-2H3. The number of hydrogen-bond donors (Lipinski definition) is 2. The number of nitrogens with zero attached hydrogens (tertiary/aromatic N) is 1. The van der Waals surface area contributed by atoms with Crippen LogP contribution in [0.3, 0.4) is 0 Å². The summed E-state index contributed by atoms with van der Waals surface area (Å²) in [5, 5.41) is 19.3. The van der Waals surface area contributed by atoms with Gasteiger partial charge in [0.15, 0.2) is 5.78 Å². The van der Waals surface area contributed by atoms with Crippen molar-refractivity contribution in [3.63, 3.8) is 0 Å². The summed E-state index contributed by atoms with van der Waals surface area (Å²) in [6, 6.07) is 3.29. The van der Waals surface area contributed by atoms with Crippen LogP contribution in [-0.2, 0) is 4.79 Å². The number of aliphatic hydroxyl groups excluding tert-OH is 2. The van der Waals surface area contributed by atoms with E-state index in [0.29, 0.717) is 19.5 Å². The van der Waals surface area contributed by atoms with Gasteiger partial charge in [0.05, 0.1) is 23.7 Å². The quantitative estimate of drug-likeness (QED) is 0.238. The zero-order chi connectivity index (χ0) is 19.3. The second-order valence-electron chi connectivity index (χ2n) is 3.80. The van der Waals surface area contributed by atoms with E-state index in [1.165, 1.54) is 13.1 Å². The number of carbonyl (C=O) groups excluding carboxylic acids is 1. The molecule has 0 saturated carbocycles. The van der Waals surface area contributed by atoms with Crippen LogP contribution in [0.1, 0.15) is 40.2 Å². The number of carbonyl (C=O) groups is 1. The fraction of sp³-hybridized carbons (Fsp3) is 0.412. The van der Waals surface area contributed by atoms with Crippen LogP contribution in [0, 0.1) is 0 Å². The summed E-state index contributed by atoms with van der Waals surface area (Å²) in [5.41, 5.74) is 0.441. The number of benzene rings is 1. The molecule has 0 aromatic heterocycles. The van der Waals surface area contributed by atoms with Gasteiger partial charge in [0.25, 0.3) is 0 Å². The average molecular weight is 486 g/mol. The van der Waals surface area contributed by atoms with Crippen LogP contribution in [0.15, 0.2) is 31.6 Å². The van der Waals surface area contributed by atoms with Crippen molar-refractivity contribution < 1.29 is 15.0 Å². The maximum absolute atomic E-state index is 11.6. The topological polar surface area (TPSA) is 69.9 Å². The third kappa shape index (κ3) is 7.92. The lowest BCUT2D eigenvalue weighted by Gasteiger charge is -2.09. The van der Waals surface area contributed by atoms with E-state index in [1.807, 2.05) is 27.7 Å². The molecule has 0 aliphatic carbocycles. The van der Waals surface area contributed by atoms with Crippen molar-refractivity contribution in [1.29, 1.82) is 0 Å². The molecule has 0 unspecified atom stereocenters. The predicted molar refractivity (Wildman–Crippen MR) is 110 cm³/mol. The van der Waals surface area contributed by atoms with E-state index in [0.717, 1.165) is 0 Å². The molecule has 1 rings (SSSR count). The van der Waals surface area contributed by atoms with Crippen molar-refractivity contribution in [3.8, 4) is 0 Å². The van der Waals surface area contributed by atoms with Gasteiger partial charge >= 0.3 is 0 Å². The minimum absolute atomic E-state index is 0.0533. The summed E-state index contributed by atoms with van der Waals surface area (Å²) in [5.74, 6) is -0.560. The molecule has 0 bridgehead atoms. The molecule has 2 N–H and O–H groups in total. The molecule has 24 heavy (non-hydrogen) atoms. The Morgan fingerprint density at radius 1 is 1.25 bits per heavy atom. The van der Waals surface area contributed by atoms with Crippen molar-refractivity contribution in [2.75, 3.05) is 13.2 Å². The van der Waals surface area contributed by atoms with E-state index in [2.05, 4.69) is 36.9 Å². The Morgan fingerprint density at radius 2 is 1.79 bits per heavy atom. The molecule has 0 saturated heterocycles. The van der Waals surface area contributed by atoms with Crippen molar-refractivity contribution in [1.82, 2.24) is 0 Å². The highest BCUT2D eigenvalue weighted by molar-refractivity contribution is 9.11. The van der Waals surface area contributed by atoms with Crippen LogP contribution < -0.4 is 0 Å². The zero-order valence-electron chi connectivity index (χ0n) is 14.5. The Morgan fingerprint density at radius 3 is 2.25 bits per heavy atom. The molecule has 0 amide bonds. The molecule has 1 aromatic carbocycles. The molecule has 4 nitrogen and oxygen atoms in total.